The molecule has 2 aromatic rings. The number of amides is 1. The zero-order chi connectivity index (χ0) is 25.3. The number of aliphatic imine (C=N–C) groups is 1. The average Bonchev–Trinajstić information content (AvgIpc) is 3.51. The molecule has 8 nitrogen and oxygen atoms in total. The Hall–Kier alpha value is -2.63. The molecule has 1 aromatic heterocycles. The number of nitrogens with zero attached hydrogens (tertiary/aromatic N) is 3. The van der Waals surface area contributed by atoms with E-state index in [0.717, 1.165) is 32.5 Å². The molecule has 190 valence electrons. The van der Waals surface area contributed by atoms with E-state index in [0.29, 0.717) is 45.1 Å². The van der Waals surface area contributed by atoms with Crippen LogP contribution in [0.15, 0.2) is 50.5 Å². The van der Waals surface area contributed by atoms with E-state index in [1.54, 1.807) is 19.2 Å². The first-order chi connectivity index (χ1) is 17.4. The number of esters is 1. The van der Waals surface area contributed by atoms with Crippen LogP contribution in [0.2, 0.25) is 0 Å². The molecule has 1 atom stereocenters. The second-order valence-electron chi connectivity index (χ2n) is 9.35. The molecule has 2 saturated heterocycles. The van der Waals surface area contributed by atoms with E-state index in [4.69, 9.17) is 9.73 Å². The molecule has 11 heteroatoms. The minimum absolute atomic E-state index is 0.0287. The van der Waals surface area contributed by atoms with E-state index < -0.39 is 12.0 Å². The topological polar surface area (TPSA) is 95.9 Å². The van der Waals surface area contributed by atoms with Crippen LogP contribution in [0.4, 0.5) is 4.39 Å². The highest BCUT2D eigenvalue weighted by molar-refractivity contribution is 9.10. The van der Waals surface area contributed by atoms with Gasteiger partial charge in [-0.15, -0.1) is 11.3 Å². The molecule has 0 saturated carbocycles. The fourth-order valence-corrected chi connectivity index (χ4v) is 6.24. The number of aromatic nitrogens is 1. The number of hydrogen-bond donors (Lipinski definition) is 2. The molecule has 0 radical (unpaired) electrons. The molecular weight excluding hydrogens is 549 g/mol. The average molecular weight is 576 g/mol. The van der Waals surface area contributed by atoms with Crippen LogP contribution in [0.3, 0.4) is 0 Å². The number of amidine groups is 1. The third-order valence-corrected chi connectivity index (χ3v) is 8.47. The minimum Gasteiger partial charge on any atom is -0.463 e. The molecule has 1 unspecified atom stereocenters. The highest BCUT2D eigenvalue weighted by Gasteiger charge is 2.41. The molecule has 4 heterocycles. The highest BCUT2D eigenvalue weighted by Crippen LogP contribution is 2.39. The lowest BCUT2D eigenvalue weighted by Crippen LogP contribution is -2.45. The fourth-order valence-electron chi connectivity index (χ4n) is 5.08. The molecule has 3 aliphatic heterocycles. The molecule has 0 bridgehead atoms. The number of nitrogens with one attached hydrogen (secondary N) is 2. The second kappa shape index (κ2) is 10.4. The third kappa shape index (κ3) is 5.09. The van der Waals surface area contributed by atoms with Crippen LogP contribution in [-0.2, 0) is 14.3 Å². The van der Waals surface area contributed by atoms with Gasteiger partial charge in [-0.3, -0.25) is 14.7 Å². The van der Waals surface area contributed by atoms with Crippen LogP contribution < -0.4 is 10.6 Å². The number of rotatable bonds is 6. The van der Waals surface area contributed by atoms with Crippen LogP contribution in [0, 0.1) is 11.2 Å². The molecule has 2 N–H and O–H groups in total. The van der Waals surface area contributed by atoms with Crippen molar-refractivity contribution in [3.63, 3.8) is 0 Å². The highest BCUT2D eigenvalue weighted by atomic mass is 79.9. The minimum atomic E-state index is -0.693. The Kier molecular flexibility index (Phi) is 7.23. The summed E-state index contributed by atoms with van der Waals surface area (Å²) in [5.41, 5.74) is 1.80. The monoisotopic (exact) mass is 575 g/mol. The standard InChI is InChI=1S/C25H27BrFN5O3S/c1-2-35-24(34)20-18(13-32-8-5-25(6-9-32)12-19(33)29-14-25)30-22(23-28-7-10-36-23)31-21(20)16-4-3-15(27)11-17(16)26/h3-4,7,10-11,21H,2,5-6,8-9,12-14H2,1H3,(H,29,33)(H,30,31). The lowest BCUT2D eigenvalue weighted by molar-refractivity contribution is -0.139. The van der Waals surface area contributed by atoms with E-state index in [1.165, 1.54) is 23.5 Å². The van der Waals surface area contributed by atoms with Gasteiger partial charge in [0.2, 0.25) is 5.91 Å². The lowest BCUT2D eigenvalue weighted by atomic mass is 9.77. The van der Waals surface area contributed by atoms with E-state index in [-0.39, 0.29) is 23.7 Å². The first-order valence-electron chi connectivity index (χ1n) is 12.0. The van der Waals surface area contributed by atoms with Crippen LogP contribution in [-0.4, -0.2) is 60.4 Å². The first kappa shape index (κ1) is 25.0. The first-order valence-corrected chi connectivity index (χ1v) is 13.6. The number of hydrogen-bond acceptors (Lipinski definition) is 8. The van der Waals surface area contributed by atoms with Gasteiger partial charge in [-0.2, -0.15) is 0 Å². The van der Waals surface area contributed by atoms with Crippen molar-refractivity contribution in [2.24, 2.45) is 10.4 Å². The van der Waals surface area contributed by atoms with Crippen molar-refractivity contribution in [2.45, 2.75) is 32.2 Å². The maximum absolute atomic E-state index is 13.9. The fraction of sp³-hybridized carbons (Fsp3) is 0.440. The largest absolute Gasteiger partial charge is 0.463 e. The zero-order valence-electron chi connectivity index (χ0n) is 19.9. The molecule has 2 fully saturated rings. The zero-order valence-corrected chi connectivity index (χ0v) is 22.3. The Labute approximate surface area is 221 Å². The van der Waals surface area contributed by atoms with Gasteiger partial charge in [-0.25, -0.2) is 14.2 Å². The predicted octanol–water partition coefficient (Wildman–Crippen LogP) is 3.56. The molecular formula is C25H27BrFN5O3S. The van der Waals surface area contributed by atoms with Gasteiger partial charge in [-0.05, 0) is 56.0 Å². The van der Waals surface area contributed by atoms with Crippen LogP contribution >= 0.6 is 27.3 Å². The van der Waals surface area contributed by atoms with E-state index in [1.807, 2.05) is 5.38 Å². The summed E-state index contributed by atoms with van der Waals surface area (Å²) in [6, 6.07) is 3.69. The smallest absolute Gasteiger partial charge is 0.338 e. The molecule has 0 aliphatic carbocycles. The summed E-state index contributed by atoms with van der Waals surface area (Å²) < 4.78 is 19.9. The van der Waals surface area contributed by atoms with Crippen molar-refractivity contribution >= 4 is 45.0 Å². The number of thiazole rings is 1. The maximum Gasteiger partial charge on any atom is 0.338 e. The Balaban J connectivity index is 1.50. The summed E-state index contributed by atoms with van der Waals surface area (Å²) in [7, 11) is 0. The van der Waals surface area contributed by atoms with Crippen molar-refractivity contribution in [2.75, 3.05) is 32.8 Å². The van der Waals surface area contributed by atoms with E-state index >= 15 is 0 Å². The van der Waals surface area contributed by atoms with Gasteiger partial charge >= 0.3 is 5.97 Å². The summed E-state index contributed by atoms with van der Waals surface area (Å²) in [5, 5.41) is 8.91. The van der Waals surface area contributed by atoms with Crippen LogP contribution in [0.5, 0.6) is 0 Å². The Morgan fingerprint density at radius 1 is 1.36 bits per heavy atom. The van der Waals surface area contributed by atoms with Crippen LogP contribution in [0.25, 0.3) is 0 Å². The van der Waals surface area contributed by atoms with Crippen molar-refractivity contribution in [1.82, 2.24) is 20.5 Å². The Morgan fingerprint density at radius 2 is 2.17 bits per heavy atom. The number of carbonyl (C=O) groups is 2. The SMILES string of the molecule is CCOC(=O)C1=C(CN2CCC3(CC2)CNC(=O)C3)NC(c2nccs2)=NC1c1ccc(F)cc1Br. The molecule has 36 heavy (non-hydrogen) atoms. The third-order valence-electron chi connectivity index (χ3n) is 7.01. The van der Waals surface area contributed by atoms with Gasteiger partial charge in [0.1, 0.15) is 11.9 Å². The number of halogens is 2. The van der Waals surface area contributed by atoms with Crippen molar-refractivity contribution < 1.29 is 18.7 Å². The maximum atomic E-state index is 13.9. The van der Waals surface area contributed by atoms with Gasteiger partial charge in [0.15, 0.2) is 10.8 Å². The quantitative estimate of drug-likeness (QED) is 0.511. The molecule has 1 amide bonds. The normalized spacial score (nSPS) is 21.8. The number of ether oxygens (including phenoxy) is 1. The summed E-state index contributed by atoms with van der Waals surface area (Å²) in [4.78, 5) is 36.7. The lowest BCUT2D eigenvalue weighted by Gasteiger charge is -2.39. The Morgan fingerprint density at radius 3 is 2.81 bits per heavy atom. The predicted molar refractivity (Wildman–Crippen MR) is 138 cm³/mol. The number of piperidine rings is 1. The van der Waals surface area contributed by atoms with E-state index in [2.05, 4.69) is 36.4 Å². The number of carbonyl (C=O) groups excluding carboxylic acids is 2. The van der Waals surface area contributed by atoms with Gasteiger partial charge < -0.3 is 15.4 Å². The van der Waals surface area contributed by atoms with Gasteiger partial charge in [0, 0.05) is 41.3 Å². The van der Waals surface area contributed by atoms with Crippen molar-refractivity contribution in [3.8, 4) is 0 Å². The summed E-state index contributed by atoms with van der Waals surface area (Å²) >= 11 is 4.91. The van der Waals surface area contributed by atoms with Crippen molar-refractivity contribution in [3.05, 3.63) is 61.9 Å². The second-order valence-corrected chi connectivity index (χ2v) is 11.1. The summed E-state index contributed by atoms with van der Waals surface area (Å²) in [6.45, 7) is 4.84. The Bertz CT molecular complexity index is 1220. The van der Waals surface area contributed by atoms with E-state index in [9.17, 15) is 14.0 Å². The van der Waals surface area contributed by atoms with Crippen LogP contribution in [0.1, 0.15) is 42.8 Å². The summed E-state index contributed by atoms with van der Waals surface area (Å²) in [6.07, 6.45) is 4.11. The molecule has 5 rings (SSSR count). The number of likely N-dealkylation sites (tertiary alicyclic amines) is 1. The van der Waals surface area contributed by atoms with Gasteiger partial charge in [-0.1, -0.05) is 22.0 Å². The molecule has 1 spiro atoms. The summed E-state index contributed by atoms with van der Waals surface area (Å²) in [5.74, 6) is -0.148. The molecule has 3 aliphatic rings. The number of benzene rings is 1. The van der Waals surface area contributed by atoms with Crippen molar-refractivity contribution in [1.29, 1.82) is 0 Å². The van der Waals surface area contributed by atoms with Gasteiger partial charge in [0.05, 0.1) is 12.2 Å². The molecule has 1 aromatic carbocycles. The van der Waals surface area contributed by atoms with Gasteiger partial charge in [0.25, 0.3) is 0 Å².